The maximum absolute atomic E-state index is 11.8. The zero-order chi connectivity index (χ0) is 14.5. The summed E-state index contributed by atoms with van der Waals surface area (Å²) in [6, 6.07) is 2.72. The van der Waals surface area contributed by atoms with Crippen LogP contribution in [0.15, 0.2) is 24.7 Å². The van der Waals surface area contributed by atoms with E-state index in [9.17, 15) is 9.59 Å². The summed E-state index contributed by atoms with van der Waals surface area (Å²) in [5.74, 6) is -0.671. The lowest BCUT2D eigenvalue weighted by Gasteiger charge is -2.04. The Bertz CT molecular complexity index is 620. The Labute approximate surface area is 114 Å². The molecule has 0 saturated carbocycles. The van der Waals surface area contributed by atoms with Gasteiger partial charge in [0.15, 0.2) is 0 Å². The summed E-state index contributed by atoms with van der Waals surface area (Å²) in [5.41, 5.74) is 0.216. The van der Waals surface area contributed by atoms with Crippen LogP contribution >= 0.6 is 0 Å². The van der Waals surface area contributed by atoms with Crippen molar-refractivity contribution < 1.29 is 14.7 Å². The number of amides is 1. The van der Waals surface area contributed by atoms with Gasteiger partial charge in [0.1, 0.15) is 17.8 Å². The molecule has 1 amide bonds. The Kier molecular flexibility index (Phi) is 4.04. The van der Waals surface area contributed by atoms with E-state index >= 15 is 0 Å². The molecule has 8 nitrogen and oxygen atoms in total. The van der Waals surface area contributed by atoms with Crippen molar-refractivity contribution in [1.29, 1.82) is 0 Å². The van der Waals surface area contributed by atoms with E-state index in [2.05, 4.69) is 20.5 Å². The largest absolute Gasteiger partial charge is 0.478 e. The molecule has 8 heteroatoms. The van der Waals surface area contributed by atoms with Crippen LogP contribution in [0.3, 0.4) is 0 Å². The van der Waals surface area contributed by atoms with E-state index in [4.69, 9.17) is 5.11 Å². The lowest BCUT2D eigenvalue weighted by Crippen LogP contribution is -2.27. The van der Waals surface area contributed by atoms with E-state index in [0.717, 1.165) is 12.0 Å². The minimum atomic E-state index is -1.08. The van der Waals surface area contributed by atoms with Gasteiger partial charge in [-0.05, 0) is 12.1 Å². The average molecular weight is 275 g/mol. The molecule has 0 bridgehead atoms. The van der Waals surface area contributed by atoms with Gasteiger partial charge in [0.25, 0.3) is 5.91 Å². The van der Waals surface area contributed by atoms with Gasteiger partial charge in [-0.25, -0.2) is 4.79 Å². The molecule has 20 heavy (non-hydrogen) atoms. The zero-order valence-electron chi connectivity index (χ0n) is 10.8. The van der Waals surface area contributed by atoms with Crippen LogP contribution < -0.4 is 5.32 Å². The fourth-order valence-electron chi connectivity index (χ4n) is 1.57. The van der Waals surface area contributed by atoms with Crippen LogP contribution in [0.5, 0.6) is 0 Å². The van der Waals surface area contributed by atoms with E-state index < -0.39 is 5.97 Å². The van der Waals surface area contributed by atoms with Crippen molar-refractivity contribution in [1.82, 2.24) is 25.1 Å². The first kappa shape index (κ1) is 13.7. The second-order valence-corrected chi connectivity index (χ2v) is 4.10. The highest BCUT2D eigenvalue weighted by Crippen LogP contribution is 2.00. The first-order valence-corrected chi connectivity index (χ1v) is 5.88. The number of aryl methyl sites for hydroxylation is 1. The maximum atomic E-state index is 11.8. The minimum absolute atomic E-state index is 0.0423. The number of carbonyl (C=O) groups is 2. The topological polar surface area (TPSA) is 110 Å². The average Bonchev–Trinajstić information content (AvgIpc) is 2.84. The monoisotopic (exact) mass is 275 g/mol. The first-order chi connectivity index (χ1) is 9.58. The lowest BCUT2D eigenvalue weighted by atomic mass is 10.2. The Hall–Kier alpha value is -2.77. The quantitative estimate of drug-likeness (QED) is 0.787. The molecule has 2 aromatic rings. The van der Waals surface area contributed by atoms with Gasteiger partial charge in [0, 0.05) is 26.2 Å². The Morgan fingerprint density at radius 3 is 2.75 bits per heavy atom. The van der Waals surface area contributed by atoms with Crippen LogP contribution in [0.4, 0.5) is 0 Å². The smallest absolute Gasteiger partial charge is 0.337 e. The molecule has 2 N–H and O–H groups in total. The predicted molar refractivity (Wildman–Crippen MR) is 68.2 cm³/mol. The number of carboxylic acid groups (broad SMARTS) is 1. The molecule has 0 aliphatic carbocycles. The van der Waals surface area contributed by atoms with Crippen LogP contribution in [-0.2, 0) is 13.5 Å². The van der Waals surface area contributed by atoms with Crippen LogP contribution in [0, 0.1) is 0 Å². The molecule has 104 valence electrons. The van der Waals surface area contributed by atoms with Gasteiger partial charge in [-0.1, -0.05) is 0 Å². The highest BCUT2D eigenvalue weighted by Gasteiger charge is 2.09. The van der Waals surface area contributed by atoms with Crippen molar-refractivity contribution in [3.05, 3.63) is 41.7 Å². The fraction of sp³-hybridized carbons (Fsp3) is 0.250. The first-order valence-electron chi connectivity index (χ1n) is 5.88. The van der Waals surface area contributed by atoms with Gasteiger partial charge in [0.2, 0.25) is 0 Å². The number of pyridine rings is 1. The van der Waals surface area contributed by atoms with E-state index in [1.54, 1.807) is 10.9 Å². The van der Waals surface area contributed by atoms with Crippen molar-refractivity contribution in [2.75, 3.05) is 6.54 Å². The maximum Gasteiger partial charge on any atom is 0.337 e. The molecule has 0 aliphatic heterocycles. The Morgan fingerprint density at radius 1 is 1.40 bits per heavy atom. The highest BCUT2D eigenvalue weighted by molar-refractivity contribution is 5.93. The van der Waals surface area contributed by atoms with Crippen molar-refractivity contribution in [2.45, 2.75) is 6.42 Å². The molecule has 0 spiro atoms. The molecular formula is C12H13N5O3. The number of hydrogen-bond donors (Lipinski definition) is 2. The molecule has 0 aliphatic rings. The number of carbonyl (C=O) groups excluding carboxylic acids is 1. The van der Waals surface area contributed by atoms with Gasteiger partial charge in [-0.2, -0.15) is 0 Å². The summed E-state index contributed by atoms with van der Waals surface area (Å²) in [5, 5.41) is 19.0. The number of rotatable bonds is 5. The van der Waals surface area contributed by atoms with Crippen molar-refractivity contribution in [3.63, 3.8) is 0 Å². The Morgan fingerprint density at radius 2 is 2.20 bits per heavy atom. The summed E-state index contributed by atoms with van der Waals surface area (Å²) in [4.78, 5) is 26.2. The van der Waals surface area contributed by atoms with Crippen molar-refractivity contribution >= 4 is 11.9 Å². The highest BCUT2D eigenvalue weighted by atomic mass is 16.4. The third kappa shape index (κ3) is 3.16. The van der Waals surface area contributed by atoms with Crippen molar-refractivity contribution in [3.8, 4) is 0 Å². The van der Waals surface area contributed by atoms with E-state index in [1.165, 1.54) is 12.1 Å². The number of hydrogen-bond acceptors (Lipinski definition) is 5. The molecule has 0 atom stereocenters. The molecule has 0 radical (unpaired) electrons. The Balaban J connectivity index is 1.88. The summed E-state index contributed by atoms with van der Waals surface area (Å²) in [6.45, 7) is 0.397. The molecule has 2 aromatic heterocycles. The summed E-state index contributed by atoms with van der Waals surface area (Å²) in [6.07, 6.45) is 3.29. The van der Waals surface area contributed by atoms with Crippen LogP contribution in [0.1, 0.15) is 26.7 Å². The normalized spacial score (nSPS) is 10.2. The van der Waals surface area contributed by atoms with E-state index in [-0.39, 0.29) is 17.2 Å². The number of nitrogens with zero attached hydrogens (tertiary/aromatic N) is 4. The second kappa shape index (κ2) is 5.91. The molecule has 2 rings (SSSR count). The van der Waals surface area contributed by atoms with Crippen LogP contribution in [-0.4, -0.2) is 43.3 Å². The summed E-state index contributed by atoms with van der Waals surface area (Å²) >= 11 is 0. The zero-order valence-corrected chi connectivity index (χ0v) is 10.8. The van der Waals surface area contributed by atoms with Gasteiger partial charge >= 0.3 is 5.97 Å². The lowest BCUT2D eigenvalue weighted by molar-refractivity contribution is 0.0695. The van der Waals surface area contributed by atoms with E-state index in [1.807, 2.05) is 7.05 Å². The van der Waals surface area contributed by atoms with Gasteiger partial charge in [-0.3, -0.25) is 9.78 Å². The van der Waals surface area contributed by atoms with Gasteiger partial charge < -0.3 is 15.0 Å². The number of aromatic nitrogens is 4. The minimum Gasteiger partial charge on any atom is -0.478 e. The second-order valence-electron chi connectivity index (χ2n) is 4.10. The van der Waals surface area contributed by atoms with Crippen LogP contribution in [0.2, 0.25) is 0 Å². The third-order valence-corrected chi connectivity index (χ3v) is 2.68. The number of aromatic carboxylic acids is 1. The SMILES string of the molecule is Cn1cnnc1CCNC(=O)c1ccc(C(=O)O)cn1. The predicted octanol–water partition coefficient (Wildman–Crippen LogP) is -0.119. The molecule has 0 fully saturated rings. The molecule has 2 heterocycles. The van der Waals surface area contributed by atoms with Crippen LogP contribution in [0.25, 0.3) is 0 Å². The number of carboxylic acids is 1. The number of nitrogens with one attached hydrogen (secondary N) is 1. The third-order valence-electron chi connectivity index (χ3n) is 2.68. The summed E-state index contributed by atoms with van der Waals surface area (Å²) in [7, 11) is 1.82. The molecule has 0 unspecified atom stereocenters. The summed E-state index contributed by atoms with van der Waals surface area (Å²) < 4.78 is 1.77. The molecule has 0 aromatic carbocycles. The molecule has 0 saturated heterocycles. The van der Waals surface area contributed by atoms with Gasteiger partial charge in [-0.15, -0.1) is 10.2 Å². The van der Waals surface area contributed by atoms with Gasteiger partial charge in [0.05, 0.1) is 5.56 Å². The van der Waals surface area contributed by atoms with E-state index in [0.29, 0.717) is 13.0 Å². The fourth-order valence-corrected chi connectivity index (χ4v) is 1.57. The molecular weight excluding hydrogens is 262 g/mol. The van der Waals surface area contributed by atoms with Crippen molar-refractivity contribution in [2.24, 2.45) is 7.05 Å². The standard InChI is InChI=1S/C12H13N5O3/c1-17-7-15-16-10(17)4-5-13-11(18)9-3-2-8(6-14-9)12(19)20/h2-3,6-7H,4-5H2,1H3,(H,13,18)(H,19,20).